The summed E-state index contributed by atoms with van der Waals surface area (Å²) in [6, 6.07) is 0. The molecule has 0 saturated carbocycles. The van der Waals surface area contributed by atoms with Crippen molar-refractivity contribution >= 4 is 6.09 Å². The number of rotatable bonds is 4. The molecule has 0 saturated heterocycles. The van der Waals surface area contributed by atoms with E-state index in [1.807, 2.05) is 32.1 Å². The van der Waals surface area contributed by atoms with Crippen molar-refractivity contribution in [2.45, 2.75) is 20.0 Å². The van der Waals surface area contributed by atoms with Crippen LogP contribution in [0.1, 0.15) is 13.8 Å². The normalized spacial score (nSPS) is 13.8. The molecule has 0 heterocycles. The van der Waals surface area contributed by atoms with E-state index in [1.165, 1.54) is 7.05 Å². The van der Waals surface area contributed by atoms with Gasteiger partial charge < -0.3 is 10.1 Å². The topological polar surface area (TPSA) is 38.3 Å². The predicted octanol–water partition coefficient (Wildman–Crippen LogP) is 2.42. The van der Waals surface area contributed by atoms with Gasteiger partial charge in [-0.1, -0.05) is 30.9 Å². The van der Waals surface area contributed by atoms with Crippen LogP contribution in [-0.4, -0.2) is 19.2 Å². The molecule has 14 heavy (non-hydrogen) atoms. The third-order valence-electron chi connectivity index (χ3n) is 1.63. The van der Waals surface area contributed by atoms with Crippen LogP contribution in [0.15, 0.2) is 36.5 Å². The number of amides is 1. The first-order chi connectivity index (χ1) is 6.65. The molecule has 1 N–H and O–H groups in total. The molecule has 0 aliphatic heterocycles. The SMILES string of the molecule is C=C/C=C(\C=C/C)C(C)OC(=O)NC. The van der Waals surface area contributed by atoms with Gasteiger partial charge in [0.1, 0.15) is 6.10 Å². The summed E-state index contributed by atoms with van der Waals surface area (Å²) in [6.45, 7) is 7.31. The second-order valence-electron chi connectivity index (χ2n) is 2.70. The zero-order valence-corrected chi connectivity index (χ0v) is 8.91. The van der Waals surface area contributed by atoms with Crippen LogP contribution >= 0.6 is 0 Å². The third-order valence-corrected chi connectivity index (χ3v) is 1.63. The lowest BCUT2D eigenvalue weighted by molar-refractivity contribution is 0.126. The molecule has 1 amide bonds. The highest BCUT2D eigenvalue weighted by Crippen LogP contribution is 2.08. The number of hydrogen-bond donors (Lipinski definition) is 1. The fourth-order valence-electron chi connectivity index (χ4n) is 0.943. The Kier molecular flexibility index (Phi) is 6.20. The van der Waals surface area contributed by atoms with Crippen LogP contribution in [0.25, 0.3) is 0 Å². The van der Waals surface area contributed by atoms with E-state index >= 15 is 0 Å². The van der Waals surface area contributed by atoms with Crippen molar-refractivity contribution < 1.29 is 9.53 Å². The summed E-state index contributed by atoms with van der Waals surface area (Å²) >= 11 is 0. The Hall–Kier alpha value is -1.51. The minimum absolute atomic E-state index is 0.274. The summed E-state index contributed by atoms with van der Waals surface area (Å²) in [4.78, 5) is 10.9. The first-order valence-electron chi connectivity index (χ1n) is 4.49. The van der Waals surface area contributed by atoms with Crippen molar-refractivity contribution in [1.82, 2.24) is 5.32 Å². The molecule has 0 aromatic heterocycles. The molecule has 3 heteroatoms. The maximum atomic E-state index is 10.9. The van der Waals surface area contributed by atoms with E-state index in [4.69, 9.17) is 4.74 Å². The van der Waals surface area contributed by atoms with Gasteiger partial charge in [0.05, 0.1) is 0 Å². The zero-order valence-electron chi connectivity index (χ0n) is 8.91. The maximum Gasteiger partial charge on any atom is 0.407 e. The molecule has 0 aliphatic rings. The standard InChI is InChI=1S/C11H17NO2/c1-5-7-10(8-6-2)9(3)14-11(13)12-4/h5-9H,1H2,2-4H3,(H,12,13)/b8-6-,10-7+. The fourth-order valence-corrected chi connectivity index (χ4v) is 0.943. The monoisotopic (exact) mass is 195 g/mol. The Bertz CT molecular complexity index is 254. The molecule has 0 aromatic rings. The number of alkyl carbamates (subject to hydrolysis) is 1. The first kappa shape index (κ1) is 12.5. The molecule has 1 atom stereocenters. The van der Waals surface area contributed by atoms with E-state index in [-0.39, 0.29) is 6.10 Å². The van der Waals surface area contributed by atoms with Gasteiger partial charge in [-0.05, 0) is 19.4 Å². The Labute approximate surface area is 85.1 Å². The average molecular weight is 195 g/mol. The molecule has 0 aromatic carbocycles. The minimum atomic E-state index is -0.433. The number of hydrogen-bond acceptors (Lipinski definition) is 2. The number of ether oxygens (including phenoxy) is 1. The summed E-state index contributed by atoms with van der Waals surface area (Å²) in [6.07, 6.45) is 6.54. The molecular weight excluding hydrogens is 178 g/mol. The van der Waals surface area contributed by atoms with Crippen LogP contribution < -0.4 is 5.32 Å². The van der Waals surface area contributed by atoms with E-state index in [0.29, 0.717) is 0 Å². The van der Waals surface area contributed by atoms with E-state index in [9.17, 15) is 4.79 Å². The molecular formula is C11H17NO2. The van der Waals surface area contributed by atoms with Crippen molar-refractivity contribution in [3.05, 3.63) is 36.5 Å². The van der Waals surface area contributed by atoms with Gasteiger partial charge in [-0.3, -0.25) is 0 Å². The predicted molar refractivity (Wildman–Crippen MR) is 58.1 cm³/mol. The summed E-state index contributed by atoms with van der Waals surface area (Å²) in [7, 11) is 1.53. The summed E-state index contributed by atoms with van der Waals surface area (Å²) in [5, 5.41) is 2.40. The third kappa shape index (κ3) is 4.50. The van der Waals surface area contributed by atoms with Crippen LogP contribution in [0, 0.1) is 0 Å². The lowest BCUT2D eigenvalue weighted by Crippen LogP contribution is -2.25. The van der Waals surface area contributed by atoms with Crippen LogP contribution in [0.4, 0.5) is 4.79 Å². The zero-order chi connectivity index (χ0) is 11.0. The minimum Gasteiger partial charge on any atom is -0.442 e. The molecule has 0 aliphatic carbocycles. The number of carbonyl (C=O) groups excluding carboxylic acids is 1. The Balaban J connectivity index is 4.44. The average Bonchev–Trinajstić information content (AvgIpc) is 2.17. The van der Waals surface area contributed by atoms with Crippen molar-refractivity contribution in [2.75, 3.05) is 7.05 Å². The number of nitrogens with one attached hydrogen (secondary N) is 1. The molecule has 1 unspecified atom stereocenters. The second-order valence-corrected chi connectivity index (χ2v) is 2.70. The second kappa shape index (κ2) is 6.95. The van der Waals surface area contributed by atoms with Gasteiger partial charge in [-0.25, -0.2) is 4.79 Å². The summed E-state index contributed by atoms with van der Waals surface area (Å²) in [5.41, 5.74) is 0.908. The van der Waals surface area contributed by atoms with E-state index < -0.39 is 6.09 Å². The quantitative estimate of drug-likeness (QED) is 0.699. The highest BCUT2D eigenvalue weighted by atomic mass is 16.6. The molecule has 0 bridgehead atoms. The summed E-state index contributed by atoms with van der Waals surface area (Å²) < 4.78 is 5.05. The van der Waals surface area contributed by atoms with Crippen molar-refractivity contribution in [3.8, 4) is 0 Å². The van der Waals surface area contributed by atoms with Crippen LogP contribution in [-0.2, 0) is 4.74 Å². The van der Waals surface area contributed by atoms with Crippen LogP contribution in [0.2, 0.25) is 0 Å². The molecule has 0 radical (unpaired) electrons. The van der Waals surface area contributed by atoms with Crippen molar-refractivity contribution in [1.29, 1.82) is 0 Å². The number of carbonyl (C=O) groups is 1. The van der Waals surface area contributed by atoms with Gasteiger partial charge >= 0.3 is 6.09 Å². The van der Waals surface area contributed by atoms with E-state index in [0.717, 1.165) is 5.57 Å². The fraction of sp³-hybridized carbons (Fsp3) is 0.364. The van der Waals surface area contributed by atoms with Crippen LogP contribution in [0.3, 0.4) is 0 Å². The van der Waals surface area contributed by atoms with Crippen molar-refractivity contribution in [3.63, 3.8) is 0 Å². The van der Waals surface area contributed by atoms with Gasteiger partial charge in [0.2, 0.25) is 0 Å². The lowest BCUT2D eigenvalue weighted by atomic mass is 10.1. The Morgan fingerprint density at radius 1 is 1.57 bits per heavy atom. The van der Waals surface area contributed by atoms with E-state index in [1.54, 1.807) is 6.08 Å². The maximum absolute atomic E-state index is 10.9. The molecule has 78 valence electrons. The highest BCUT2D eigenvalue weighted by molar-refractivity contribution is 5.67. The molecule has 0 fully saturated rings. The van der Waals surface area contributed by atoms with Gasteiger partial charge in [-0.15, -0.1) is 0 Å². The van der Waals surface area contributed by atoms with E-state index in [2.05, 4.69) is 11.9 Å². The number of allylic oxidation sites excluding steroid dienone is 3. The smallest absolute Gasteiger partial charge is 0.407 e. The Morgan fingerprint density at radius 3 is 2.64 bits per heavy atom. The molecule has 0 spiro atoms. The van der Waals surface area contributed by atoms with Gasteiger partial charge in [-0.2, -0.15) is 0 Å². The summed E-state index contributed by atoms with van der Waals surface area (Å²) in [5.74, 6) is 0. The largest absolute Gasteiger partial charge is 0.442 e. The highest BCUT2D eigenvalue weighted by Gasteiger charge is 2.09. The lowest BCUT2D eigenvalue weighted by Gasteiger charge is -2.13. The van der Waals surface area contributed by atoms with Crippen LogP contribution in [0.5, 0.6) is 0 Å². The van der Waals surface area contributed by atoms with Crippen molar-refractivity contribution in [2.24, 2.45) is 0 Å². The van der Waals surface area contributed by atoms with Gasteiger partial charge in [0.15, 0.2) is 0 Å². The first-order valence-corrected chi connectivity index (χ1v) is 4.49. The molecule has 0 rings (SSSR count). The van der Waals surface area contributed by atoms with Gasteiger partial charge in [0, 0.05) is 7.05 Å². The molecule has 3 nitrogen and oxygen atoms in total. The Morgan fingerprint density at radius 2 is 2.21 bits per heavy atom. The van der Waals surface area contributed by atoms with Gasteiger partial charge in [0.25, 0.3) is 0 Å².